The van der Waals surface area contributed by atoms with E-state index in [0.29, 0.717) is 0 Å². The first-order valence-electron chi connectivity index (χ1n) is 9.03. The van der Waals surface area contributed by atoms with Gasteiger partial charge in [-0.3, -0.25) is 4.57 Å². The van der Waals surface area contributed by atoms with Crippen LogP contribution in [0.15, 0.2) is 48.5 Å². The van der Waals surface area contributed by atoms with Gasteiger partial charge < -0.3 is 9.76 Å². The van der Waals surface area contributed by atoms with Crippen LogP contribution in [-0.2, 0) is 11.1 Å². The number of benzene rings is 2. The van der Waals surface area contributed by atoms with Crippen molar-refractivity contribution in [1.29, 1.82) is 0 Å². The third-order valence-electron chi connectivity index (χ3n) is 5.04. The molecule has 0 saturated carbocycles. The first-order valence-corrected chi connectivity index (χ1v) is 9.03. The van der Waals surface area contributed by atoms with Crippen molar-refractivity contribution in [3.05, 3.63) is 54.4 Å². The maximum Gasteiger partial charge on any atom is 0.330 e. The molecule has 1 N–H and O–H groups in total. The van der Waals surface area contributed by atoms with Crippen LogP contribution in [0.3, 0.4) is 0 Å². The van der Waals surface area contributed by atoms with Crippen molar-refractivity contribution in [2.45, 2.75) is 52.2 Å². The molecule has 0 aliphatic carbocycles. The lowest BCUT2D eigenvalue weighted by Gasteiger charge is -2.37. The van der Waals surface area contributed by atoms with E-state index in [1.807, 2.05) is 44.2 Å². The van der Waals surface area contributed by atoms with Gasteiger partial charge in [0.1, 0.15) is 5.82 Å². The van der Waals surface area contributed by atoms with E-state index in [9.17, 15) is 5.11 Å². The van der Waals surface area contributed by atoms with Crippen LogP contribution < -0.4 is 5.46 Å². The highest BCUT2D eigenvalue weighted by molar-refractivity contribution is 6.47. The van der Waals surface area contributed by atoms with Crippen LogP contribution in [0.4, 0.5) is 0 Å². The van der Waals surface area contributed by atoms with Crippen LogP contribution in [0, 0.1) is 0 Å². The summed E-state index contributed by atoms with van der Waals surface area (Å²) in [5.41, 5.74) is 2.45. The van der Waals surface area contributed by atoms with Crippen LogP contribution >= 0.6 is 0 Å². The molecular formula is C21H26BN2O2. The number of aryl methyl sites for hydroxylation is 1. The van der Waals surface area contributed by atoms with Crippen molar-refractivity contribution in [1.82, 2.24) is 9.55 Å². The minimum Gasteiger partial charge on any atom is -0.427 e. The molecule has 2 aromatic carbocycles. The van der Waals surface area contributed by atoms with E-state index >= 15 is 0 Å². The van der Waals surface area contributed by atoms with Crippen LogP contribution in [0.5, 0.6) is 0 Å². The molecule has 3 aromatic rings. The largest absolute Gasteiger partial charge is 0.427 e. The number of hydrogen-bond acceptors (Lipinski definition) is 3. The van der Waals surface area contributed by atoms with E-state index < -0.39 is 11.2 Å². The Bertz CT molecular complexity index is 910. The van der Waals surface area contributed by atoms with E-state index in [-0.39, 0.29) is 0 Å². The minimum atomic E-state index is -0.947. The second kappa shape index (κ2) is 6.90. The third-order valence-corrected chi connectivity index (χ3v) is 5.04. The zero-order valence-corrected chi connectivity index (χ0v) is 16.2. The molecule has 0 atom stereocenters. The predicted octanol–water partition coefficient (Wildman–Crippen LogP) is 3.40. The number of para-hydroxylation sites is 2. The summed E-state index contributed by atoms with van der Waals surface area (Å²) in [4.78, 5) is 4.74. The van der Waals surface area contributed by atoms with E-state index in [4.69, 9.17) is 9.64 Å². The lowest BCUT2D eigenvalue weighted by molar-refractivity contribution is -0.0893. The minimum absolute atomic E-state index is 0.695. The van der Waals surface area contributed by atoms with E-state index in [0.717, 1.165) is 34.4 Å². The second-order valence-corrected chi connectivity index (χ2v) is 7.61. The SMILES string of the molecule is CCc1nc2ccccc2n1-c1cccc([B]OC(C)(C)C(C)(C)O)c1. The molecule has 0 bridgehead atoms. The molecule has 3 rings (SSSR count). The average molecular weight is 349 g/mol. The van der Waals surface area contributed by atoms with Crippen LogP contribution in [-0.4, -0.2) is 33.3 Å². The standard InChI is InChI=1S/C21H26BN2O2/c1-6-19-23-17-12-7-8-13-18(17)24(19)16-11-9-10-15(14-16)22-26-21(4,5)20(2,3)25/h7-14,25H,6H2,1-5H3. The lowest BCUT2D eigenvalue weighted by atomic mass is 9.82. The molecule has 0 saturated heterocycles. The molecule has 1 aromatic heterocycles. The highest BCUT2D eigenvalue weighted by Gasteiger charge is 2.35. The number of fused-ring (bicyclic) bond motifs is 1. The van der Waals surface area contributed by atoms with Gasteiger partial charge in [0.05, 0.1) is 22.2 Å². The Morgan fingerprint density at radius 3 is 2.50 bits per heavy atom. The topological polar surface area (TPSA) is 47.3 Å². The maximum atomic E-state index is 10.3. The fraction of sp³-hybridized carbons (Fsp3) is 0.381. The van der Waals surface area contributed by atoms with E-state index in [2.05, 4.69) is 29.7 Å². The summed E-state index contributed by atoms with van der Waals surface area (Å²) in [7, 11) is 1.71. The van der Waals surface area contributed by atoms with Crippen molar-refractivity contribution in [2.24, 2.45) is 0 Å². The number of hydrogen-bond donors (Lipinski definition) is 1. The maximum absolute atomic E-state index is 10.3. The van der Waals surface area contributed by atoms with Gasteiger partial charge in [0.25, 0.3) is 0 Å². The monoisotopic (exact) mass is 349 g/mol. The highest BCUT2D eigenvalue weighted by atomic mass is 16.5. The molecule has 0 fully saturated rings. The normalized spacial score (nSPS) is 12.5. The summed E-state index contributed by atoms with van der Waals surface area (Å²) in [6.07, 6.45) is 0.852. The molecule has 5 heteroatoms. The first kappa shape index (κ1) is 18.7. The van der Waals surface area contributed by atoms with E-state index in [1.165, 1.54) is 0 Å². The second-order valence-electron chi connectivity index (χ2n) is 7.61. The van der Waals surface area contributed by atoms with Gasteiger partial charge in [0.2, 0.25) is 0 Å². The Balaban J connectivity index is 1.94. The molecule has 4 nitrogen and oxygen atoms in total. The van der Waals surface area contributed by atoms with Gasteiger partial charge in [0.15, 0.2) is 0 Å². The summed E-state index contributed by atoms with van der Waals surface area (Å²) in [6, 6.07) is 16.3. The zero-order valence-electron chi connectivity index (χ0n) is 16.2. The van der Waals surface area contributed by atoms with Crippen LogP contribution in [0.1, 0.15) is 40.4 Å². The fourth-order valence-corrected chi connectivity index (χ4v) is 2.70. The van der Waals surface area contributed by atoms with Crippen molar-refractivity contribution >= 4 is 24.0 Å². The molecule has 0 aliphatic heterocycles. The molecule has 1 heterocycles. The number of nitrogens with zero attached hydrogens (tertiary/aromatic N) is 2. The summed E-state index contributed by atoms with van der Waals surface area (Å²) in [5.74, 6) is 1.03. The Kier molecular flexibility index (Phi) is 4.95. The molecule has 0 unspecified atom stereocenters. The van der Waals surface area contributed by atoms with E-state index in [1.54, 1.807) is 21.3 Å². The van der Waals surface area contributed by atoms with Gasteiger partial charge in [-0.25, -0.2) is 4.98 Å². The summed E-state index contributed by atoms with van der Waals surface area (Å²) >= 11 is 0. The van der Waals surface area contributed by atoms with Gasteiger partial charge in [-0.2, -0.15) is 0 Å². The Labute approximate surface area is 156 Å². The highest BCUT2D eigenvalue weighted by Crippen LogP contribution is 2.25. The Morgan fingerprint density at radius 2 is 1.81 bits per heavy atom. The van der Waals surface area contributed by atoms with Crippen LogP contribution in [0.2, 0.25) is 0 Å². The lowest BCUT2D eigenvalue weighted by Crippen LogP contribution is -2.49. The Morgan fingerprint density at radius 1 is 1.08 bits per heavy atom. The van der Waals surface area contributed by atoms with Crippen molar-refractivity contribution in [2.75, 3.05) is 0 Å². The summed E-state index contributed by atoms with van der Waals surface area (Å²) in [6.45, 7) is 9.38. The van der Waals surface area contributed by atoms with Gasteiger partial charge >= 0.3 is 7.48 Å². The fourth-order valence-electron chi connectivity index (χ4n) is 2.70. The average Bonchev–Trinajstić information content (AvgIpc) is 2.98. The van der Waals surface area contributed by atoms with Crippen molar-refractivity contribution in [3.63, 3.8) is 0 Å². The zero-order chi connectivity index (χ0) is 18.9. The number of aromatic nitrogens is 2. The number of imidazole rings is 1. The van der Waals surface area contributed by atoms with Crippen LogP contribution in [0.25, 0.3) is 16.7 Å². The molecule has 1 radical (unpaired) electrons. The van der Waals surface area contributed by atoms with Gasteiger partial charge in [-0.05, 0) is 52.0 Å². The number of rotatable bonds is 6. The quantitative estimate of drug-likeness (QED) is 0.694. The van der Waals surface area contributed by atoms with Crippen molar-refractivity contribution < 1.29 is 9.76 Å². The third kappa shape index (κ3) is 3.55. The summed E-state index contributed by atoms with van der Waals surface area (Å²) < 4.78 is 8.08. The molecule has 0 amide bonds. The van der Waals surface area contributed by atoms with Gasteiger partial charge in [0, 0.05) is 12.1 Å². The summed E-state index contributed by atoms with van der Waals surface area (Å²) in [5, 5.41) is 10.3. The molecule has 0 spiro atoms. The molecular weight excluding hydrogens is 323 g/mol. The van der Waals surface area contributed by atoms with Crippen molar-refractivity contribution in [3.8, 4) is 5.69 Å². The first-order chi connectivity index (χ1) is 12.2. The molecule has 26 heavy (non-hydrogen) atoms. The Hall–Kier alpha value is -2.11. The predicted molar refractivity (Wildman–Crippen MR) is 107 cm³/mol. The van der Waals surface area contributed by atoms with Gasteiger partial charge in [-0.15, -0.1) is 0 Å². The smallest absolute Gasteiger partial charge is 0.330 e. The molecule has 135 valence electrons. The molecule has 0 aliphatic rings. The number of aliphatic hydroxyl groups is 1. The van der Waals surface area contributed by atoms with Gasteiger partial charge in [-0.1, -0.05) is 36.7 Å².